The molecule has 0 radical (unpaired) electrons. The molecule has 170 valence electrons. The van der Waals surface area contributed by atoms with E-state index in [1.165, 1.54) is 25.0 Å². The number of aromatic nitrogens is 1. The lowest BCUT2D eigenvalue weighted by Crippen LogP contribution is -2.24. The van der Waals surface area contributed by atoms with Crippen LogP contribution >= 0.6 is 11.6 Å². The Morgan fingerprint density at radius 1 is 1.22 bits per heavy atom. The SMILES string of the molecule is COc1cc2ccnc(Nc3ccc(F)c(Cl)c3)c2cc1NC(O)CCCN1CCCC1. The number of halogens is 2. The van der Waals surface area contributed by atoms with Gasteiger partial charge in [-0.25, -0.2) is 9.37 Å². The van der Waals surface area contributed by atoms with Crippen LogP contribution in [0, 0.1) is 5.82 Å². The van der Waals surface area contributed by atoms with Crippen LogP contribution in [0.3, 0.4) is 0 Å². The zero-order chi connectivity index (χ0) is 22.5. The van der Waals surface area contributed by atoms with E-state index in [1.807, 2.05) is 18.2 Å². The molecule has 32 heavy (non-hydrogen) atoms. The molecule has 2 aromatic carbocycles. The van der Waals surface area contributed by atoms with Gasteiger partial charge in [0.2, 0.25) is 0 Å². The molecule has 0 saturated carbocycles. The monoisotopic (exact) mass is 458 g/mol. The number of aliphatic hydroxyl groups is 1. The smallest absolute Gasteiger partial charge is 0.142 e. The highest BCUT2D eigenvalue weighted by Crippen LogP contribution is 2.35. The highest BCUT2D eigenvalue weighted by molar-refractivity contribution is 6.31. The third-order valence-electron chi connectivity index (χ3n) is 5.74. The first-order chi connectivity index (χ1) is 15.5. The van der Waals surface area contributed by atoms with E-state index < -0.39 is 12.0 Å². The Bertz CT molecular complexity index is 1080. The first kappa shape index (κ1) is 22.6. The van der Waals surface area contributed by atoms with E-state index in [2.05, 4.69) is 20.5 Å². The lowest BCUT2D eigenvalue weighted by atomic mass is 10.1. The highest BCUT2D eigenvalue weighted by atomic mass is 35.5. The summed E-state index contributed by atoms with van der Waals surface area (Å²) in [5.74, 6) is 0.760. The van der Waals surface area contributed by atoms with Crippen molar-refractivity contribution in [2.45, 2.75) is 31.9 Å². The number of nitrogens with zero attached hydrogens (tertiary/aromatic N) is 2. The molecule has 8 heteroatoms. The summed E-state index contributed by atoms with van der Waals surface area (Å²) >= 11 is 5.91. The molecule has 1 atom stereocenters. The van der Waals surface area contributed by atoms with Gasteiger partial charge in [-0.05, 0) is 87.1 Å². The van der Waals surface area contributed by atoms with Crippen LogP contribution in [0.2, 0.25) is 5.02 Å². The van der Waals surface area contributed by atoms with Crippen molar-refractivity contribution in [3.05, 3.63) is 53.4 Å². The van der Waals surface area contributed by atoms with Crippen molar-refractivity contribution in [1.29, 1.82) is 0 Å². The molecule has 3 N–H and O–H groups in total. The summed E-state index contributed by atoms with van der Waals surface area (Å²) in [6.45, 7) is 3.32. The second kappa shape index (κ2) is 10.3. The fourth-order valence-electron chi connectivity index (χ4n) is 4.06. The summed E-state index contributed by atoms with van der Waals surface area (Å²) in [4.78, 5) is 6.88. The number of ether oxygens (including phenoxy) is 1. The lowest BCUT2D eigenvalue weighted by Gasteiger charge is -2.20. The number of rotatable bonds is 9. The third kappa shape index (κ3) is 5.41. The predicted molar refractivity (Wildman–Crippen MR) is 128 cm³/mol. The van der Waals surface area contributed by atoms with Crippen LogP contribution < -0.4 is 15.4 Å². The normalized spacial score (nSPS) is 15.1. The molecule has 2 heterocycles. The van der Waals surface area contributed by atoms with Crippen LogP contribution in [0.25, 0.3) is 10.8 Å². The van der Waals surface area contributed by atoms with Gasteiger partial charge in [-0.3, -0.25) is 0 Å². The Balaban J connectivity index is 1.52. The predicted octanol–water partition coefficient (Wildman–Crippen LogP) is 5.39. The molecular formula is C24H28ClFN4O2. The van der Waals surface area contributed by atoms with Gasteiger partial charge in [-0.1, -0.05) is 11.6 Å². The fourth-order valence-corrected chi connectivity index (χ4v) is 4.24. The van der Waals surface area contributed by atoms with E-state index in [9.17, 15) is 9.50 Å². The Morgan fingerprint density at radius 2 is 2.03 bits per heavy atom. The Kier molecular flexibility index (Phi) is 7.29. The number of hydrogen-bond acceptors (Lipinski definition) is 6. The van der Waals surface area contributed by atoms with Gasteiger partial charge in [-0.15, -0.1) is 0 Å². The number of methoxy groups -OCH3 is 1. The van der Waals surface area contributed by atoms with Crippen LogP contribution in [0.5, 0.6) is 5.75 Å². The molecule has 4 rings (SSSR count). The van der Waals surface area contributed by atoms with Gasteiger partial charge in [0.05, 0.1) is 17.8 Å². The number of anilines is 3. The van der Waals surface area contributed by atoms with Crippen molar-refractivity contribution in [3.8, 4) is 5.75 Å². The molecule has 1 unspecified atom stereocenters. The number of likely N-dealkylation sites (tertiary alicyclic amines) is 1. The first-order valence-electron chi connectivity index (χ1n) is 10.9. The van der Waals surface area contributed by atoms with E-state index in [0.717, 1.165) is 36.8 Å². The molecule has 0 amide bonds. The van der Waals surface area contributed by atoms with Gasteiger partial charge in [0, 0.05) is 17.3 Å². The second-order valence-corrected chi connectivity index (χ2v) is 8.45. The van der Waals surface area contributed by atoms with Gasteiger partial charge < -0.3 is 25.4 Å². The second-order valence-electron chi connectivity index (χ2n) is 8.04. The van der Waals surface area contributed by atoms with Crippen LogP contribution in [-0.2, 0) is 0 Å². The van der Waals surface area contributed by atoms with Gasteiger partial charge in [0.25, 0.3) is 0 Å². The molecule has 0 aliphatic carbocycles. The van der Waals surface area contributed by atoms with E-state index in [-0.39, 0.29) is 5.02 Å². The standard InChI is InChI=1S/C24H28ClFN4O2/c1-32-22-13-16-8-9-27-24(28-17-6-7-20(26)19(25)14-17)18(16)15-21(22)29-23(31)5-4-12-30-10-2-3-11-30/h6-9,13-15,23,29,31H,2-5,10-12H2,1H3,(H,27,28). The van der Waals surface area contributed by atoms with E-state index in [4.69, 9.17) is 16.3 Å². The first-order valence-corrected chi connectivity index (χ1v) is 11.3. The van der Waals surface area contributed by atoms with Gasteiger partial charge in [0.1, 0.15) is 23.6 Å². The van der Waals surface area contributed by atoms with Crippen molar-refractivity contribution in [2.75, 3.05) is 37.4 Å². The number of benzene rings is 2. The summed E-state index contributed by atoms with van der Waals surface area (Å²) < 4.78 is 19.0. The number of fused-ring (bicyclic) bond motifs is 1. The van der Waals surface area contributed by atoms with Gasteiger partial charge in [-0.2, -0.15) is 0 Å². The van der Waals surface area contributed by atoms with Crippen LogP contribution in [0.4, 0.5) is 21.6 Å². The van der Waals surface area contributed by atoms with Crippen molar-refractivity contribution < 1.29 is 14.2 Å². The third-order valence-corrected chi connectivity index (χ3v) is 6.03. The summed E-state index contributed by atoms with van der Waals surface area (Å²) in [6.07, 6.45) is 5.10. The number of pyridine rings is 1. The largest absolute Gasteiger partial charge is 0.495 e. The number of aliphatic hydroxyl groups excluding tert-OH is 1. The summed E-state index contributed by atoms with van der Waals surface area (Å²) in [5, 5.41) is 18.7. The Labute approximate surface area is 192 Å². The van der Waals surface area contributed by atoms with E-state index in [1.54, 1.807) is 19.4 Å². The topological polar surface area (TPSA) is 69.6 Å². The maximum absolute atomic E-state index is 13.5. The average molecular weight is 459 g/mol. The van der Waals surface area contributed by atoms with Gasteiger partial charge >= 0.3 is 0 Å². The number of nitrogens with one attached hydrogen (secondary N) is 2. The van der Waals surface area contributed by atoms with Crippen LogP contribution in [0.15, 0.2) is 42.6 Å². The molecule has 1 saturated heterocycles. The molecular weight excluding hydrogens is 431 g/mol. The summed E-state index contributed by atoms with van der Waals surface area (Å²) in [6, 6.07) is 10.1. The molecule has 1 fully saturated rings. The minimum atomic E-state index is -0.687. The molecule has 1 aliphatic rings. The van der Waals surface area contributed by atoms with Crippen molar-refractivity contribution in [2.24, 2.45) is 0 Å². The van der Waals surface area contributed by atoms with E-state index >= 15 is 0 Å². The highest BCUT2D eigenvalue weighted by Gasteiger charge is 2.15. The summed E-state index contributed by atoms with van der Waals surface area (Å²) in [5.41, 5.74) is 1.31. The maximum atomic E-state index is 13.5. The Hall–Kier alpha value is -2.61. The molecule has 1 aromatic heterocycles. The van der Waals surface area contributed by atoms with Crippen molar-refractivity contribution in [3.63, 3.8) is 0 Å². The number of hydrogen-bond donors (Lipinski definition) is 3. The zero-order valence-corrected chi connectivity index (χ0v) is 18.8. The minimum Gasteiger partial charge on any atom is -0.495 e. The van der Waals surface area contributed by atoms with Crippen molar-refractivity contribution >= 4 is 39.6 Å². The van der Waals surface area contributed by atoms with Gasteiger partial charge in [0.15, 0.2) is 0 Å². The lowest BCUT2D eigenvalue weighted by molar-refractivity contribution is 0.182. The van der Waals surface area contributed by atoms with Crippen LogP contribution in [-0.4, -0.2) is 48.0 Å². The maximum Gasteiger partial charge on any atom is 0.142 e. The van der Waals surface area contributed by atoms with E-state index in [0.29, 0.717) is 29.4 Å². The molecule has 3 aromatic rings. The summed E-state index contributed by atoms with van der Waals surface area (Å²) in [7, 11) is 1.60. The molecule has 6 nitrogen and oxygen atoms in total. The zero-order valence-electron chi connectivity index (χ0n) is 18.1. The molecule has 0 spiro atoms. The Morgan fingerprint density at radius 3 is 2.78 bits per heavy atom. The molecule has 1 aliphatic heterocycles. The van der Waals surface area contributed by atoms with Crippen LogP contribution in [0.1, 0.15) is 25.7 Å². The van der Waals surface area contributed by atoms with Crippen molar-refractivity contribution in [1.82, 2.24) is 9.88 Å². The quantitative estimate of drug-likeness (QED) is 0.374. The average Bonchev–Trinajstić information content (AvgIpc) is 3.30. The molecule has 0 bridgehead atoms. The fraction of sp³-hybridized carbons (Fsp3) is 0.375. The minimum absolute atomic E-state index is 0.0383.